The lowest BCUT2D eigenvalue weighted by Crippen LogP contribution is -2.47. The Bertz CT molecular complexity index is 691. The number of carbonyl (C=O) groups excluding carboxylic acids is 2. The number of nitrogens with one attached hydrogen (secondary N) is 2. The van der Waals surface area contributed by atoms with Gasteiger partial charge in [0.2, 0.25) is 5.91 Å². The maximum absolute atomic E-state index is 12.6. The third-order valence-corrected chi connectivity index (χ3v) is 4.79. The van der Waals surface area contributed by atoms with Crippen LogP contribution in [0.4, 0.5) is 5.69 Å². The van der Waals surface area contributed by atoms with Crippen molar-refractivity contribution in [2.45, 2.75) is 64.8 Å². The van der Waals surface area contributed by atoms with Crippen molar-refractivity contribution in [3.63, 3.8) is 0 Å². The zero-order valence-corrected chi connectivity index (χ0v) is 15.7. The number of rotatable bonds is 7. The second-order valence-electron chi connectivity index (χ2n) is 7.69. The van der Waals surface area contributed by atoms with Gasteiger partial charge in [0.05, 0.1) is 12.0 Å². The summed E-state index contributed by atoms with van der Waals surface area (Å²) in [5.41, 5.74) is 1.31. The highest BCUT2D eigenvalue weighted by Crippen LogP contribution is 2.33. The number of hydrogen-bond acceptors (Lipinski definition) is 3. The fourth-order valence-corrected chi connectivity index (χ4v) is 3.52. The predicted molar refractivity (Wildman–Crippen MR) is 100 cm³/mol. The van der Waals surface area contributed by atoms with Crippen LogP contribution in [0.3, 0.4) is 0 Å². The molecule has 0 atom stereocenters. The van der Waals surface area contributed by atoms with Crippen molar-refractivity contribution in [1.29, 1.82) is 0 Å². The number of hydrogen-bond donors (Lipinski definition) is 3. The van der Waals surface area contributed by atoms with Crippen LogP contribution in [-0.4, -0.2) is 28.4 Å². The molecule has 0 aliphatic heterocycles. The molecule has 142 valence electrons. The van der Waals surface area contributed by atoms with E-state index in [9.17, 15) is 14.4 Å². The minimum atomic E-state index is -0.897. The quantitative estimate of drug-likeness (QED) is 0.693. The van der Waals surface area contributed by atoms with Gasteiger partial charge in [-0.25, -0.2) is 0 Å². The largest absolute Gasteiger partial charge is 0.481 e. The van der Waals surface area contributed by atoms with E-state index >= 15 is 0 Å². The highest BCUT2D eigenvalue weighted by molar-refractivity contribution is 5.97. The fraction of sp³-hybridized carbons (Fsp3) is 0.550. The van der Waals surface area contributed by atoms with Gasteiger partial charge in [-0.1, -0.05) is 26.7 Å². The van der Waals surface area contributed by atoms with Gasteiger partial charge in [-0.05, 0) is 49.4 Å². The fourth-order valence-electron chi connectivity index (χ4n) is 3.52. The van der Waals surface area contributed by atoms with E-state index in [1.807, 2.05) is 20.8 Å². The van der Waals surface area contributed by atoms with Crippen molar-refractivity contribution in [3.8, 4) is 0 Å². The summed E-state index contributed by atoms with van der Waals surface area (Å²) >= 11 is 0. The molecule has 0 unspecified atom stereocenters. The Morgan fingerprint density at radius 3 is 2.38 bits per heavy atom. The van der Waals surface area contributed by atoms with Crippen molar-refractivity contribution in [1.82, 2.24) is 5.32 Å². The number of aryl methyl sites for hydroxylation is 1. The lowest BCUT2D eigenvalue weighted by Gasteiger charge is -2.28. The van der Waals surface area contributed by atoms with E-state index in [1.54, 1.807) is 18.2 Å². The van der Waals surface area contributed by atoms with Crippen LogP contribution in [0.15, 0.2) is 18.2 Å². The lowest BCUT2D eigenvalue weighted by atomic mass is 9.92. The zero-order chi connectivity index (χ0) is 19.3. The molecule has 0 heterocycles. The van der Waals surface area contributed by atoms with E-state index < -0.39 is 11.5 Å². The van der Waals surface area contributed by atoms with Crippen LogP contribution < -0.4 is 10.6 Å². The highest BCUT2D eigenvalue weighted by atomic mass is 16.4. The molecule has 2 amide bonds. The maximum atomic E-state index is 12.6. The Kier molecular flexibility index (Phi) is 6.40. The van der Waals surface area contributed by atoms with E-state index in [0.717, 1.165) is 18.4 Å². The summed E-state index contributed by atoms with van der Waals surface area (Å²) in [5.74, 6) is -0.938. The van der Waals surface area contributed by atoms with Crippen LogP contribution in [0.5, 0.6) is 0 Å². The summed E-state index contributed by atoms with van der Waals surface area (Å²) in [6, 6.07) is 5.11. The van der Waals surface area contributed by atoms with Gasteiger partial charge in [0, 0.05) is 17.7 Å². The van der Waals surface area contributed by atoms with E-state index in [4.69, 9.17) is 5.11 Å². The number of benzene rings is 1. The molecule has 6 heteroatoms. The normalized spacial score (nSPS) is 15.7. The number of anilines is 1. The minimum Gasteiger partial charge on any atom is -0.481 e. The van der Waals surface area contributed by atoms with Gasteiger partial charge in [0.15, 0.2) is 0 Å². The number of carboxylic acid groups (broad SMARTS) is 1. The van der Waals surface area contributed by atoms with E-state index in [0.29, 0.717) is 30.5 Å². The van der Waals surface area contributed by atoms with Crippen molar-refractivity contribution >= 4 is 23.5 Å². The minimum absolute atomic E-state index is 0.0494. The monoisotopic (exact) mass is 360 g/mol. The molecule has 6 nitrogen and oxygen atoms in total. The molecule has 0 saturated heterocycles. The molecule has 1 aliphatic rings. The topological polar surface area (TPSA) is 95.5 Å². The van der Waals surface area contributed by atoms with Crippen LogP contribution in [0.1, 0.15) is 68.3 Å². The van der Waals surface area contributed by atoms with Gasteiger partial charge in [-0.2, -0.15) is 0 Å². The first-order valence-electron chi connectivity index (χ1n) is 9.15. The van der Waals surface area contributed by atoms with Crippen molar-refractivity contribution < 1.29 is 19.5 Å². The highest BCUT2D eigenvalue weighted by Gasteiger charge is 2.37. The Balaban J connectivity index is 2.08. The molecule has 0 aromatic heterocycles. The molecule has 0 radical (unpaired) electrons. The Morgan fingerprint density at radius 2 is 1.85 bits per heavy atom. The first-order chi connectivity index (χ1) is 12.2. The molecule has 0 spiro atoms. The average Bonchev–Trinajstić information content (AvgIpc) is 2.95. The molecular formula is C20H28N2O4. The third kappa shape index (κ3) is 5.31. The standard InChI is InChI=1S/C20H28N2O4/c1-13(2)10-17(23)21-16-7-6-15(11-14(16)3)19(26)22-20(12-18(24)25)8-4-5-9-20/h6-7,11,13H,4-5,8-10,12H2,1-3H3,(H,21,23)(H,22,26)(H,24,25). The SMILES string of the molecule is Cc1cc(C(=O)NC2(CC(=O)O)CCCC2)ccc1NC(=O)CC(C)C. The first-order valence-corrected chi connectivity index (χ1v) is 9.15. The Morgan fingerprint density at radius 1 is 1.19 bits per heavy atom. The molecular weight excluding hydrogens is 332 g/mol. The number of aliphatic carboxylic acids is 1. The number of amides is 2. The molecule has 1 fully saturated rings. The maximum Gasteiger partial charge on any atom is 0.305 e. The second kappa shape index (κ2) is 8.34. The van der Waals surface area contributed by atoms with Gasteiger partial charge >= 0.3 is 5.97 Å². The Labute approximate surface area is 154 Å². The zero-order valence-electron chi connectivity index (χ0n) is 15.7. The van der Waals surface area contributed by atoms with Gasteiger partial charge in [-0.15, -0.1) is 0 Å². The molecule has 1 aromatic rings. The number of carboxylic acids is 1. The average molecular weight is 360 g/mol. The van der Waals surface area contributed by atoms with Crippen LogP contribution in [0.25, 0.3) is 0 Å². The summed E-state index contributed by atoms with van der Waals surface area (Å²) in [5, 5.41) is 15.0. The van der Waals surface area contributed by atoms with Crippen LogP contribution in [-0.2, 0) is 9.59 Å². The molecule has 1 aliphatic carbocycles. The first kappa shape index (κ1) is 19.9. The van der Waals surface area contributed by atoms with Gasteiger partial charge < -0.3 is 15.7 Å². The third-order valence-electron chi connectivity index (χ3n) is 4.79. The van der Waals surface area contributed by atoms with Crippen LogP contribution in [0, 0.1) is 12.8 Å². The predicted octanol–water partition coefficient (Wildman–Crippen LogP) is 3.50. The van der Waals surface area contributed by atoms with Crippen LogP contribution >= 0.6 is 0 Å². The molecule has 1 saturated carbocycles. The summed E-state index contributed by atoms with van der Waals surface area (Å²) in [6.45, 7) is 5.80. The van der Waals surface area contributed by atoms with Gasteiger partial charge in [0.25, 0.3) is 5.91 Å². The van der Waals surface area contributed by atoms with Crippen molar-refractivity contribution in [3.05, 3.63) is 29.3 Å². The van der Waals surface area contributed by atoms with E-state index in [2.05, 4.69) is 10.6 Å². The van der Waals surface area contributed by atoms with Gasteiger partial charge in [-0.3, -0.25) is 14.4 Å². The smallest absolute Gasteiger partial charge is 0.305 e. The molecule has 26 heavy (non-hydrogen) atoms. The van der Waals surface area contributed by atoms with Crippen molar-refractivity contribution in [2.75, 3.05) is 5.32 Å². The summed E-state index contributed by atoms with van der Waals surface area (Å²) in [4.78, 5) is 35.7. The Hall–Kier alpha value is -2.37. The summed E-state index contributed by atoms with van der Waals surface area (Å²) in [7, 11) is 0. The second-order valence-corrected chi connectivity index (χ2v) is 7.69. The van der Waals surface area contributed by atoms with E-state index in [-0.39, 0.29) is 24.2 Å². The van der Waals surface area contributed by atoms with Gasteiger partial charge in [0.1, 0.15) is 0 Å². The number of carbonyl (C=O) groups is 3. The van der Waals surface area contributed by atoms with Crippen molar-refractivity contribution in [2.24, 2.45) is 5.92 Å². The molecule has 1 aromatic carbocycles. The van der Waals surface area contributed by atoms with Crippen LogP contribution in [0.2, 0.25) is 0 Å². The summed E-state index contributed by atoms with van der Waals surface area (Å²) < 4.78 is 0. The summed E-state index contributed by atoms with van der Waals surface area (Å²) in [6.07, 6.45) is 3.61. The molecule has 0 bridgehead atoms. The molecule has 2 rings (SSSR count). The lowest BCUT2D eigenvalue weighted by molar-refractivity contribution is -0.138. The molecule has 3 N–H and O–H groups in total. The van der Waals surface area contributed by atoms with E-state index in [1.165, 1.54) is 0 Å².